The second-order valence-corrected chi connectivity index (χ2v) is 4.13. The van der Waals surface area contributed by atoms with Crippen LogP contribution in [-0.4, -0.2) is 12.4 Å². The average Bonchev–Trinajstić information content (AvgIpc) is 2.38. The Balaban J connectivity index is 2.06. The minimum Gasteiger partial charge on any atom is -0.435 e. The van der Waals surface area contributed by atoms with Crippen LogP contribution >= 0.6 is 0 Å². The molecule has 0 fully saturated rings. The van der Waals surface area contributed by atoms with Crippen molar-refractivity contribution in [3.63, 3.8) is 0 Å². The number of ether oxygens (including phenoxy) is 1. The van der Waals surface area contributed by atoms with Crippen molar-refractivity contribution in [1.29, 1.82) is 0 Å². The minimum absolute atomic E-state index is 0.0118. The third-order valence-electron chi connectivity index (χ3n) is 2.66. The molecule has 104 valence electrons. The molecule has 0 heterocycles. The van der Waals surface area contributed by atoms with E-state index in [0.717, 1.165) is 0 Å². The molecule has 0 radical (unpaired) electrons. The summed E-state index contributed by atoms with van der Waals surface area (Å²) in [6.07, 6.45) is 0.0484. The van der Waals surface area contributed by atoms with E-state index < -0.39 is 12.4 Å². The Morgan fingerprint density at radius 1 is 1.10 bits per heavy atom. The van der Waals surface area contributed by atoms with Crippen LogP contribution in [0.5, 0.6) is 5.75 Å². The first kappa shape index (κ1) is 14.1. The molecule has 0 aliphatic carbocycles. The highest BCUT2D eigenvalue weighted by atomic mass is 19.3. The number of alkyl halides is 2. The maximum atomic E-state index is 13.0. The van der Waals surface area contributed by atoms with Crippen molar-refractivity contribution < 1.29 is 22.7 Å². The molecule has 0 saturated heterocycles. The first-order valence-electron chi connectivity index (χ1n) is 5.87. The summed E-state index contributed by atoms with van der Waals surface area (Å²) < 4.78 is 41.1. The molecule has 20 heavy (non-hydrogen) atoms. The molecule has 0 unspecified atom stereocenters. The summed E-state index contributed by atoms with van der Waals surface area (Å²) in [4.78, 5) is 11.9. The summed E-state index contributed by atoms with van der Waals surface area (Å²) in [6.45, 7) is -2.90. The molecule has 0 N–H and O–H groups in total. The molecule has 0 aliphatic rings. The standard InChI is InChI=1S/C15H11F3O2/c16-12-3-1-2-10(8-12)9-14(19)11-4-6-13(7-5-11)20-15(17)18/h1-8,15H,9H2. The van der Waals surface area contributed by atoms with E-state index >= 15 is 0 Å². The van der Waals surface area contributed by atoms with Gasteiger partial charge in [0, 0.05) is 12.0 Å². The Hall–Kier alpha value is -2.30. The highest BCUT2D eigenvalue weighted by Crippen LogP contribution is 2.16. The second kappa shape index (κ2) is 6.23. The fourth-order valence-electron chi connectivity index (χ4n) is 1.76. The number of rotatable bonds is 5. The monoisotopic (exact) mass is 280 g/mol. The van der Waals surface area contributed by atoms with E-state index in [-0.39, 0.29) is 18.0 Å². The Morgan fingerprint density at radius 3 is 2.40 bits per heavy atom. The van der Waals surface area contributed by atoms with Gasteiger partial charge in [-0.25, -0.2) is 4.39 Å². The van der Waals surface area contributed by atoms with Crippen LogP contribution in [0.15, 0.2) is 48.5 Å². The summed E-state index contributed by atoms with van der Waals surface area (Å²) in [5.41, 5.74) is 0.916. The average molecular weight is 280 g/mol. The molecule has 2 aromatic carbocycles. The van der Waals surface area contributed by atoms with Crippen molar-refractivity contribution in [2.75, 3.05) is 0 Å². The van der Waals surface area contributed by atoms with Crippen LogP contribution in [-0.2, 0) is 6.42 Å². The summed E-state index contributed by atoms with van der Waals surface area (Å²) in [6, 6.07) is 11.2. The Kier molecular flexibility index (Phi) is 4.40. The van der Waals surface area contributed by atoms with Crippen LogP contribution in [0.1, 0.15) is 15.9 Å². The molecule has 0 spiro atoms. The van der Waals surface area contributed by atoms with Crippen molar-refractivity contribution in [3.8, 4) is 5.75 Å². The summed E-state index contributed by atoms with van der Waals surface area (Å²) in [5.74, 6) is -0.641. The van der Waals surface area contributed by atoms with Crippen LogP contribution < -0.4 is 4.74 Å². The molecule has 2 rings (SSSR count). The van der Waals surface area contributed by atoms with Crippen molar-refractivity contribution in [1.82, 2.24) is 0 Å². The Morgan fingerprint density at radius 2 is 1.80 bits per heavy atom. The number of Topliss-reactive ketones (excluding diaryl/α,β-unsaturated/α-hetero) is 1. The number of hydrogen-bond donors (Lipinski definition) is 0. The fraction of sp³-hybridized carbons (Fsp3) is 0.133. The zero-order valence-corrected chi connectivity index (χ0v) is 10.4. The highest BCUT2D eigenvalue weighted by Gasteiger charge is 2.09. The third-order valence-corrected chi connectivity index (χ3v) is 2.66. The van der Waals surface area contributed by atoms with Crippen LogP contribution in [0.3, 0.4) is 0 Å². The highest BCUT2D eigenvalue weighted by molar-refractivity contribution is 5.97. The van der Waals surface area contributed by atoms with E-state index in [9.17, 15) is 18.0 Å². The zero-order chi connectivity index (χ0) is 14.5. The van der Waals surface area contributed by atoms with Gasteiger partial charge in [-0.15, -0.1) is 0 Å². The zero-order valence-electron chi connectivity index (χ0n) is 10.4. The lowest BCUT2D eigenvalue weighted by Crippen LogP contribution is -2.05. The molecule has 0 saturated carbocycles. The SMILES string of the molecule is O=C(Cc1cccc(F)c1)c1ccc(OC(F)F)cc1. The molecule has 0 aliphatic heterocycles. The van der Waals surface area contributed by atoms with Gasteiger partial charge in [0.25, 0.3) is 0 Å². The quantitative estimate of drug-likeness (QED) is 0.777. The normalized spacial score (nSPS) is 10.6. The molecular weight excluding hydrogens is 269 g/mol. The van der Waals surface area contributed by atoms with Gasteiger partial charge in [0.1, 0.15) is 11.6 Å². The van der Waals surface area contributed by atoms with E-state index in [2.05, 4.69) is 4.74 Å². The lowest BCUT2D eigenvalue weighted by atomic mass is 10.0. The summed E-state index contributed by atoms with van der Waals surface area (Å²) in [5, 5.41) is 0. The third kappa shape index (κ3) is 3.85. The van der Waals surface area contributed by atoms with Crippen LogP contribution in [0, 0.1) is 5.82 Å². The van der Waals surface area contributed by atoms with Gasteiger partial charge in [0.15, 0.2) is 5.78 Å². The molecule has 0 amide bonds. The number of ketones is 1. The van der Waals surface area contributed by atoms with Gasteiger partial charge >= 0.3 is 6.61 Å². The fourth-order valence-corrected chi connectivity index (χ4v) is 1.76. The van der Waals surface area contributed by atoms with Gasteiger partial charge < -0.3 is 4.74 Å². The van der Waals surface area contributed by atoms with E-state index in [1.54, 1.807) is 6.07 Å². The van der Waals surface area contributed by atoms with Crippen molar-refractivity contribution in [2.24, 2.45) is 0 Å². The Labute approximate surface area is 113 Å². The predicted molar refractivity (Wildman–Crippen MR) is 67.5 cm³/mol. The summed E-state index contributed by atoms with van der Waals surface area (Å²) >= 11 is 0. The van der Waals surface area contributed by atoms with Crippen LogP contribution in [0.25, 0.3) is 0 Å². The molecule has 0 bridgehead atoms. The van der Waals surface area contributed by atoms with Crippen molar-refractivity contribution in [2.45, 2.75) is 13.0 Å². The van der Waals surface area contributed by atoms with E-state index in [0.29, 0.717) is 11.1 Å². The Bertz CT molecular complexity index is 594. The predicted octanol–water partition coefficient (Wildman–Crippen LogP) is 3.85. The number of hydrogen-bond acceptors (Lipinski definition) is 2. The van der Waals surface area contributed by atoms with E-state index in [1.165, 1.54) is 42.5 Å². The first-order chi connectivity index (χ1) is 9.54. The molecular formula is C15H11F3O2. The number of benzene rings is 2. The number of carbonyl (C=O) groups excluding carboxylic acids is 1. The first-order valence-corrected chi connectivity index (χ1v) is 5.87. The summed E-state index contributed by atoms with van der Waals surface area (Å²) in [7, 11) is 0. The van der Waals surface area contributed by atoms with Gasteiger partial charge in [-0.2, -0.15) is 8.78 Å². The lowest BCUT2D eigenvalue weighted by Gasteiger charge is -2.05. The maximum absolute atomic E-state index is 13.0. The van der Waals surface area contributed by atoms with Crippen molar-refractivity contribution >= 4 is 5.78 Å². The second-order valence-electron chi connectivity index (χ2n) is 4.13. The van der Waals surface area contributed by atoms with Gasteiger partial charge in [0.2, 0.25) is 0 Å². The number of carbonyl (C=O) groups is 1. The molecule has 0 atom stereocenters. The molecule has 5 heteroatoms. The minimum atomic E-state index is -2.90. The van der Waals surface area contributed by atoms with Crippen LogP contribution in [0.2, 0.25) is 0 Å². The molecule has 2 aromatic rings. The lowest BCUT2D eigenvalue weighted by molar-refractivity contribution is -0.0498. The largest absolute Gasteiger partial charge is 0.435 e. The van der Waals surface area contributed by atoms with Crippen molar-refractivity contribution in [3.05, 3.63) is 65.5 Å². The van der Waals surface area contributed by atoms with E-state index in [4.69, 9.17) is 0 Å². The number of halogens is 3. The topological polar surface area (TPSA) is 26.3 Å². The van der Waals surface area contributed by atoms with Gasteiger partial charge in [0.05, 0.1) is 0 Å². The molecule has 0 aromatic heterocycles. The van der Waals surface area contributed by atoms with Crippen LogP contribution in [0.4, 0.5) is 13.2 Å². The smallest absolute Gasteiger partial charge is 0.387 e. The molecule has 2 nitrogen and oxygen atoms in total. The van der Waals surface area contributed by atoms with Gasteiger partial charge in [-0.1, -0.05) is 12.1 Å². The van der Waals surface area contributed by atoms with Gasteiger partial charge in [-0.3, -0.25) is 4.79 Å². The van der Waals surface area contributed by atoms with E-state index in [1.807, 2.05) is 0 Å². The van der Waals surface area contributed by atoms with Gasteiger partial charge in [-0.05, 0) is 42.0 Å². The maximum Gasteiger partial charge on any atom is 0.387 e.